The summed E-state index contributed by atoms with van der Waals surface area (Å²) in [6.45, 7) is 4.36. The van der Waals surface area contributed by atoms with Crippen molar-refractivity contribution in [1.29, 1.82) is 0 Å². The second kappa shape index (κ2) is 19.9. The average Bonchev–Trinajstić information content (AvgIpc) is 3.55. The molecule has 11 heteroatoms. The van der Waals surface area contributed by atoms with Gasteiger partial charge in [-0.3, -0.25) is 13.8 Å². The van der Waals surface area contributed by atoms with Gasteiger partial charge in [-0.15, -0.1) is 0 Å². The minimum atomic E-state index is -4.21. The van der Waals surface area contributed by atoms with Crippen molar-refractivity contribution in [2.75, 3.05) is 20.3 Å². The summed E-state index contributed by atoms with van der Waals surface area (Å²) in [7, 11) is -3.13. The molecule has 4 unspecified atom stereocenters. The molecule has 0 amide bonds. The lowest BCUT2D eigenvalue weighted by atomic mass is 9.87. The van der Waals surface area contributed by atoms with Crippen LogP contribution >= 0.6 is 19.2 Å². The summed E-state index contributed by atoms with van der Waals surface area (Å²) in [5, 5.41) is 1.80. The number of rotatable bonds is 25. The largest absolute Gasteiger partial charge is 0.471 e. The van der Waals surface area contributed by atoms with Gasteiger partial charge >= 0.3 is 19.6 Å². The highest BCUT2D eigenvalue weighted by atomic mass is 32.1. The van der Waals surface area contributed by atoms with Gasteiger partial charge in [0.05, 0.1) is 24.7 Å². The minimum absolute atomic E-state index is 0.0341. The lowest BCUT2D eigenvalue weighted by molar-refractivity contribution is -0.715. The predicted molar refractivity (Wildman–Crippen MR) is 160 cm³/mol. The Balaban J connectivity index is 1.68. The number of nitrogens with zero attached hydrogens (tertiary/aromatic N) is 1. The Morgan fingerprint density at radius 1 is 0.976 bits per heavy atom. The molecule has 0 aromatic carbocycles. The molecule has 1 aromatic heterocycles. The van der Waals surface area contributed by atoms with Crippen molar-refractivity contribution in [2.24, 2.45) is 0 Å². The summed E-state index contributed by atoms with van der Waals surface area (Å²) in [5.74, 6) is -1.56. The summed E-state index contributed by atoms with van der Waals surface area (Å²) in [6.07, 6.45) is 21.5. The van der Waals surface area contributed by atoms with E-state index in [0.717, 1.165) is 20.0 Å². The summed E-state index contributed by atoms with van der Waals surface area (Å²) < 4.78 is 34.6. The van der Waals surface area contributed by atoms with Crippen LogP contribution in [0.5, 0.6) is 0 Å². The molecule has 0 radical (unpaired) electrons. The number of phosphoric ester groups is 1. The van der Waals surface area contributed by atoms with Gasteiger partial charge in [0.25, 0.3) is 6.04 Å². The van der Waals surface area contributed by atoms with Crippen molar-refractivity contribution in [3.63, 3.8) is 0 Å². The van der Waals surface area contributed by atoms with Gasteiger partial charge in [0.2, 0.25) is 5.51 Å². The number of thiazole rings is 1. The first-order chi connectivity index (χ1) is 19.7. The highest BCUT2D eigenvalue weighted by Gasteiger charge is 2.61. The SMILES string of the molecule is CCCCCCCCCCCCCCCCC(C)OCCC1(CCOP(=O)(O)OC)OC(=O)C(=O)C1[n+]1ccsc1. The summed E-state index contributed by atoms with van der Waals surface area (Å²) >= 11 is 1.39. The normalized spacial score (nSPS) is 21.2. The van der Waals surface area contributed by atoms with E-state index >= 15 is 0 Å². The quantitative estimate of drug-likeness (QED) is 0.0401. The number of carbonyl (C=O) groups excluding carboxylic acids is 2. The van der Waals surface area contributed by atoms with Crippen molar-refractivity contribution in [3.05, 3.63) is 17.1 Å². The third-order valence-corrected chi connectivity index (χ3v) is 9.55. The number of Topliss-reactive ketones (excluding diaryl/α,β-unsaturated/α-hetero) is 1. The van der Waals surface area contributed by atoms with Crippen LogP contribution < -0.4 is 4.57 Å². The smallest absolute Gasteiger partial charge is 0.445 e. The third-order valence-electron chi connectivity index (χ3n) is 7.94. The first-order valence-electron chi connectivity index (χ1n) is 15.6. The van der Waals surface area contributed by atoms with Crippen LogP contribution in [0.3, 0.4) is 0 Å². The van der Waals surface area contributed by atoms with E-state index in [-0.39, 0.29) is 32.2 Å². The molecule has 236 valence electrons. The van der Waals surface area contributed by atoms with E-state index in [1.165, 1.54) is 94.8 Å². The molecule has 41 heavy (non-hydrogen) atoms. The first-order valence-corrected chi connectivity index (χ1v) is 18.0. The Bertz CT molecular complexity index is 914. The molecule has 9 nitrogen and oxygen atoms in total. The van der Waals surface area contributed by atoms with E-state index in [2.05, 4.69) is 11.4 Å². The summed E-state index contributed by atoms with van der Waals surface area (Å²) in [4.78, 5) is 34.8. The van der Waals surface area contributed by atoms with Crippen LogP contribution in [0.15, 0.2) is 17.1 Å². The number of phosphoric acid groups is 1. The molecule has 0 saturated carbocycles. The predicted octanol–water partition coefficient (Wildman–Crippen LogP) is 7.26. The molecule has 1 fully saturated rings. The number of carbonyl (C=O) groups is 2. The number of hydrogen-bond acceptors (Lipinski definition) is 8. The molecule has 2 rings (SSSR count). The number of cyclic esters (lactones) is 1. The Morgan fingerprint density at radius 2 is 1.54 bits per heavy atom. The first kappa shape index (κ1) is 36.0. The molecular weight excluding hydrogens is 565 g/mol. The van der Waals surface area contributed by atoms with Gasteiger partial charge in [-0.1, -0.05) is 108 Å². The fraction of sp³-hybridized carbons (Fsp3) is 0.833. The Morgan fingerprint density at radius 3 is 2.07 bits per heavy atom. The molecule has 2 heterocycles. The second-order valence-electron chi connectivity index (χ2n) is 11.2. The van der Waals surface area contributed by atoms with E-state index in [1.807, 2.05) is 6.92 Å². The zero-order chi connectivity index (χ0) is 30.0. The Labute approximate surface area is 250 Å². The maximum absolute atomic E-state index is 12.8. The molecule has 0 bridgehead atoms. The zero-order valence-electron chi connectivity index (χ0n) is 25.4. The van der Waals surface area contributed by atoms with E-state index in [1.54, 1.807) is 21.7 Å². The number of unbranched alkanes of at least 4 members (excludes halogenated alkanes) is 13. The highest BCUT2D eigenvalue weighted by Crippen LogP contribution is 2.44. The molecule has 4 atom stereocenters. The molecule has 1 saturated heterocycles. The van der Waals surface area contributed by atoms with Crippen LogP contribution in [0, 0.1) is 0 Å². The van der Waals surface area contributed by atoms with Crippen LogP contribution in [0.1, 0.15) is 129 Å². The average molecular weight is 619 g/mol. The lowest BCUT2D eigenvalue weighted by Gasteiger charge is -2.29. The number of ketones is 1. The topological polar surface area (TPSA) is 112 Å². The number of ether oxygens (including phenoxy) is 2. The van der Waals surface area contributed by atoms with E-state index < -0.39 is 31.2 Å². The van der Waals surface area contributed by atoms with Gasteiger partial charge in [0.1, 0.15) is 0 Å². The van der Waals surface area contributed by atoms with Crippen LogP contribution in [-0.4, -0.2) is 48.7 Å². The molecular formula is C30H53NO8PS+. The van der Waals surface area contributed by atoms with Gasteiger partial charge in [-0.2, -0.15) is 4.57 Å². The lowest BCUT2D eigenvalue weighted by Crippen LogP contribution is -2.53. The molecule has 1 aliphatic rings. The van der Waals surface area contributed by atoms with E-state index in [4.69, 9.17) is 14.0 Å². The zero-order valence-corrected chi connectivity index (χ0v) is 27.1. The Kier molecular flexibility index (Phi) is 17.5. The fourth-order valence-corrected chi connectivity index (χ4v) is 6.51. The number of hydrogen-bond donors (Lipinski definition) is 1. The number of aromatic nitrogens is 1. The van der Waals surface area contributed by atoms with Crippen LogP contribution in [-0.2, 0) is 32.7 Å². The highest BCUT2D eigenvalue weighted by molar-refractivity contribution is 7.47. The minimum Gasteiger partial charge on any atom is -0.445 e. The maximum Gasteiger partial charge on any atom is 0.471 e. The van der Waals surface area contributed by atoms with Gasteiger partial charge in [-0.25, -0.2) is 9.36 Å². The maximum atomic E-state index is 12.8. The summed E-state index contributed by atoms with van der Waals surface area (Å²) in [6, 6.07) is -0.893. The molecule has 0 spiro atoms. The molecule has 1 N–H and O–H groups in total. The van der Waals surface area contributed by atoms with Gasteiger partial charge in [-0.05, 0) is 13.3 Å². The third kappa shape index (κ3) is 13.3. The van der Waals surface area contributed by atoms with E-state index in [9.17, 15) is 19.0 Å². The van der Waals surface area contributed by atoms with Gasteiger partial charge < -0.3 is 14.4 Å². The number of esters is 1. The van der Waals surface area contributed by atoms with E-state index in [0.29, 0.717) is 0 Å². The second-order valence-corrected chi connectivity index (χ2v) is 13.6. The molecule has 1 aromatic rings. The van der Waals surface area contributed by atoms with Crippen LogP contribution in [0.4, 0.5) is 0 Å². The van der Waals surface area contributed by atoms with Crippen molar-refractivity contribution in [2.45, 2.75) is 141 Å². The van der Waals surface area contributed by atoms with Crippen molar-refractivity contribution >= 4 is 30.9 Å². The standard InChI is InChI=1S/C30H52NO8PS/c1-4-5-6-7-8-9-10-11-12-13-14-15-16-17-18-26(2)37-22-19-30(20-23-38-40(34,35)36-3)28(27(32)29(33)39-30)31-21-24-41-25-31/h21,24-26,28H,4-20,22-23H2,1-3H3/p+1. The van der Waals surface area contributed by atoms with Gasteiger partial charge in [0.15, 0.2) is 11.8 Å². The van der Waals surface area contributed by atoms with Crippen molar-refractivity contribution < 1.29 is 42.1 Å². The van der Waals surface area contributed by atoms with Crippen LogP contribution in [0.25, 0.3) is 0 Å². The monoisotopic (exact) mass is 618 g/mol. The molecule has 0 aliphatic carbocycles. The molecule has 1 aliphatic heterocycles. The fourth-order valence-electron chi connectivity index (χ4n) is 5.47. The summed E-state index contributed by atoms with van der Waals surface area (Å²) in [5.41, 5.74) is 0.494. The van der Waals surface area contributed by atoms with Crippen LogP contribution in [0.2, 0.25) is 0 Å². The Hall–Kier alpha value is -1.16. The van der Waals surface area contributed by atoms with Crippen molar-refractivity contribution in [3.8, 4) is 0 Å². The van der Waals surface area contributed by atoms with Gasteiger partial charge in [0, 0.05) is 20.0 Å². The van der Waals surface area contributed by atoms with Crippen molar-refractivity contribution in [1.82, 2.24) is 0 Å².